The summed E-state index contributed by atoms with van der Waals surface area (Å²) in [6, 6.07) is 19.5. The molecule has 5 nitrogen and oxygen atoms in total. The van der Waals surface area contributed by atoms with Crippen LogP contribution in [0.4, 0.5) is 4.79 Å². The quantitative estimate of drug-likeness (QED) is 0.320. The van der Waals surface area contributed by atoms with E-state index in [9.17, 15) is 4.79 Å². The average molecular weight is 518 g/mol. The second-order valence-electron chi connectivity index (χ2n) is 9.39. The second kappa shape index (κ2) is 9.68. The molecule has 0 fully saturated rings. The maximum absolute atomic E-state index is 13.9. The van der Waals surface area contributed by atoms with E-state index in [1.165, 1.54) is 33.8 Å². The number of amides is 2. The highest BCUT2D eigenvalue weighted by atomic mass is 35.5. The highest BCUT2D eigenvalue weighted by Gasteiger charge is 2.36. The van der Waals surface area contributed by atoms with E-state index in [2.05, 4.69) is 34.3 Å². The third-order valence-electron chi connectivity index (χ3n) is 7.18. The number of carbonyl (C=O) groups is 1. The maximum Gasteiger partial charge on any atom is 0.318 e. The Labute approximate surface area is 220 Å². The molecule has 7 heteroatoms. The third kappa shape index (κ3) is 4.18. The Bertz CT molecular complexity index is 1430. The first kappa shape index (κ1) is 23.2. The van der Waals surface area contributed by atoms with Crippen LogP contribution < -0.4 is 10.1 Å². The minimum absolute atomic E-state index is 0.0980. The number of nitrogens with one attached hydrogen (secondary N) is 1. The van der Waals surface area contributed by atoms with E-state index in [-0.39, 0.29) is 12.1 Å². The van der Waals surface area contributed by atoms with Crippen molar-refractivity contribution in [2.45, 2.75) is 44.8 Å². The van der Waals surface area contributed by atoms with Crippen molar-refractivity contribution in [2.75, 3.05) is 7.11 Å². The van der Waals surface area contributed by atoms with Gasteiger partial charge in [-0.3, -0.25) is 0 Å². The Morgan fingerprint density at radius 3 is 2.81 bits per heavy atom. The molecule has 1 aliphatic heterocycles. The molecule has 2 amide bonds. The number of aromatic nitrogens is 1. The summed E-state index contributed by atoms with van der Waals surface area (Å²) in [5.74, 6) is 0.778. The molecule has 1 atom stereocenters. The van der Waals surface area contributed by atoms with E-state index in [0.29, 0.717) is 18.1 Å². The van der Waals surface area contributed by atoms with E-state index in [1.807, 2.05) is 58.7 Å². The molecule has 4 aromatic rings. The van der Waals surface area contributed by atoms with Gasteiger partial charge in [-0.25, -0.2) is 4.79 Å². The Balaban J connectivity index is 1.42. The summed E-state index contributed by atoms with van der Waals surface area (Å²) in [6.45, 7) is 0.981. The van der Waals surface area contributed by atoms with Crippen molar-refractivity contribution in [3.8, 4) is 10.8 Å². The summed E-state index contributed by atoms with van der Waals surface area (Å²) in [5, 5.41) is 5.09. The molecule has 0 unspecified atom stereocenters. The smallest absolute Gasteiger partial charge is 0.318 e. The summed E-state index contributed by atoms with van der Waals surface area (Å²) in [4.78, 5) is 17.4. The first-order valence-electron chi connectivity index (χ1n) is 12.4. The van der Waals surface area contributed by atoms with Gasteiger partial charge in [-0.15, -0.1) is 11.3 Å². The highest BCUT2D eigenvalue weighted by molar-refractivity contribution is 7.15. The molecule has 0 saturated carbocycles. The Morgan fingerprint density at radius 1 is 1.08 bits per heavy atom. The number of hydrogen-bond acceptors (Lipinski definition) is 3. The van der Waals surface area contributed by atoms with Crippen LogP contribution in [0.15, 0.2) is 66.9 Å². The van der Waals surface area contributed by atoms with Crippen LogP contribution in [0.2, 0.25) is 5.02 Å². The number of urea groups is 1. The lowest BCUT2D eigenvalue weighted by atomic mass is 9.95. The molecule has 6 rings (SSSR count). The number of hydrogen-bond donors (Lipinski definition) is 1. The standard InChI is InChI=1S/C29H28ClN3O2S/c1-35-22-10-4-7-19(15-22)17-31-29(34)33-18-24-23-11-2-3-13-26(23)36-28(24)32-14-6-12-25(32)27(33)20-8-5-9-21(30)16-20/h4-10,12,14-16,27H,2-3,11,13,17-18H2,1H3,(H,31,34)/t27-/m0/s1. The summed E-state index contributed by atoms with van der Waals surface area (Å²) in [5.41, 5.74) is 5.80. The largest absolute Gasteiger partial charge is 0.497 e. The molecular weight excluding hydrogens is 490 g/mol. The van der Waals surface area contributed by atoms with Crippen molar-refractivity contribution in [1.29, 1.82) is 0 Å². The zero-order chi connectivity index (χ0) is 24.6. The van der Waals surface area contributed by atoms with Crippen LogP contribution in [-0.2, 0) is 25.9 Å². The lowest BCUT2D eigenvalue weighted by molar-refractivity contribution is 0.180. The molecule has 1 aliphatic carbocycles. The number of benzene rings is 2. The molecule has 0 radical (unpaired) electrons. The third-order valence-corrected chi connectivity index (χ3v) is 8.75. The first-order chi connectivity index (χ1) is 17.6. The van der Waals surface area contributed by atoms with E-state index >= 15 is 0 Å². The normalized spacial score (nSPS) is 16.5. The molecule has 0 saturated heterocycles. The van der Waals surface area contributed by atoms with Crippen molar-refractivity contribution in [3.05, 3.63) is 105 Å². The molecule has 184 valence electrons. The number of ether oxygens (including phenoxy) is 1. The van der Waals surface area contributed by atoms with Crippen LogP contribution in [0.5, 0.6) is 5.75 Å². The number of nitrogens with zero attached hydrogens (tertiary/aromatic N) is 2. The Kier molecular flexibility index (Phi) is 6.23. The van der Waals surface area contributed by atoms with Gasteiger partial charge in [0.15, 0.2) is 0 Å². The van der Waals surface area contributed by atoms with Crippen LogP contribution in [0.25, 0.3) is 5.00 Å². The molecule has 0 spiro atoms. The first-order valence-corrected chi connectivity index (χ1v) is 13.6. The van der Waals surface area contributed by atoms with Gasteiger partial charge in [0.2, 0.25) is 0 Å². The second-order valence-corrected chi connectivity index (χ2v) is 10.9. The van der Waals surface area contributed by atoms with E-state index in [1.54, 1.807) is 7.11 Å². The van der Waals surface area contributed by atoms with E-state index in [0.717, 1.165) is 35.4 Å². The monoisotopic (exact) mass is 517 g/mol. The molecule has 0 bridgehead atoms. The van der Waals surface area contributed by atoms with Crippen molar-refractivity contribution in [3.63, 3.8) is 0 Å². The zero-order valence-corrected chi connectivity index (χ0v) is 21.7. The number of fused-ring (bicyclic) bond motifs is 5. The molecule has 2 aromatic carbocycles. The van der Waals surface area contributed by atoms with Crippen LogP contribution in [-0.4, -0.2) is 22.6 Å². The zero-order valence-electron chi connectivity index (χ0n) is 20.2. The van der Waals surface area contributed by atoms with Gasteiger partial charge in [0.05, 0.1) is 25.4 Å². The van der Waals surface area contributed by atoms with Crippen molar-refractivity contribution >= 4 is 29.0 Å². The molecule has 1 N–H and O–H groups in total. The summed E-state index contributed by atoms with van der Waals surface area (Å²) < 4.78 is 7.65. The summed E-state index contributed by atoms with van der Waals surface area (Å²) in [6.07, 6.45) is 6.78. The predicted molar refractivity (Wildman–Crippen MR) is 144 cm³/mol. The fourth-order valence-corrected chi connectivity index (χ4v) is 7.08. The van der Waals surface area contributed by atoms with Crippen LogP contribution in [0.1, 0.15) is 51.7 Å². The number of thiophene rings is 1. The van der Waals surface area contributed by atoms with E-state index in [4.69, 9.17) is 16.3 Å². The van der Waals surface area contributed by atoms with Gasteiger partial charge in [0.25, 0.3) is 0 Å². The molecule has 36 heavy (non-hydrogen) atoms. The van der Waals surface area contributed by atoms with Gasteiger partial charge in [0.1, 0.15) is 10.8 Å². The Morgan fingerprint density at radius 2 is 1.94 bits per heavy atom. The Hall–Kier alpha value is -3.22. The fourth-order valence-electron chi connectivity index (χ4n) is 5.48. The van der Waals surface area contributed by atoms with Gasteiger partial charge in [-0.05, 0) is 78.8 Å². The average Bonchev–Trinajstić information content (AvgIpc) is 3.49. The molecule has 2 aromatic heterocycles. The van der Waals surface area contributed by atoms with Gasteiger partial charge in [-0.1, -0.05) is 35.9 Å². The lowest BCUT2D eigenvalue weighted by Gasteiger charge is -2.31. The summed E-state index contributed by atoms with van der Waals surface area (Å²) >= 11 is 8.32. The number of rotatable bonds is 4. The molecular formula is C29H28ClN3O2S. The van der Waals surface area contributed by atoms with Gasteiger partial charge >= 0.3 is 6.03 Å². The SMILES string of the molecule is COc1cccc(CNC(=O)N2Cc3c(sc4c3CCCC4)-n3cccc3[C@@H]2c2cccc(Cl)c2)c1. The van der Waals surface area contributed by atoms with Crippen molar-refractivity contribution < 1.29 is 9.53 Å². The topological polar surface area (TPSA) is 46.5 Å². The predicted octanol–water partition coefficient (Wildman–Crippen LogP) is 6.89. The van der Waals surface area contributed by atoms with Gasteiger partial charge < -0.3 is 19.5 Å². The maximum atomic E-state index is 13.9. The van der Waals surface area contributed by atoms with Gasteiger partial charge in [0, 0.05) is 28.2 Å². The number of carbonyl (C=O) groups excluding carboxylic acids is 1. The number of aryl methyl sites for hydroxylation is 1. The van der Waals surface area contributed by atoms with Crippen LogP contribution in [0, 0.1) is 0 Å². The van der Waals surface area contributed by atoms with Crippen molar-refractivity contribution in [1.82, 2.24) is 14.8 Å². The van der Waals surface area contributed by atoms with Gasteiger partial charge in [-0.2, -0.15) is 0 Å². The minimum Gasteiger partial charge on any atom is -0.497 e. The molecule has 3 heterocycles. The van der Waals surface area contributed by atoms with Crippen LogP contribution >= 0.6 is 22.9 Å². The summed E-state index contributed by atoms with van der Waals surface area (Å²) in [7, 11) is 1.65. The van der Waals surface area contributed by atoms with Crippen LogP contribution in [0.3, 0.4) is 0 Å². The lowest BCUT2D eigenvalue weighted by Crippen LogP contribution is -2.41. The number of halogens is 1. The highest BCUT2D eigenvalue weighted by Crippen LogP contribution is 2.44. The van der Waals surface area contributed by atoms with Crippen molar-refractivity contribution in [2.24, 2.45) is 0 Å². The fraction of sp³-hybridized carbons (Fsp3) is 0.276. The number of methoxy groups -OCH3 is 1. The minimum atomic E-state index is -0.261. The molecule has 2 aliphatic rings. The van der Waals surface area contributed by atoms with E-state index < -0.39 is 0 Å².